The zero-order chi connectivity index (χ0) is 23.1. The number of piperazine rings is 1. The van der Waals surface area contributed by atoms with Crippen LogP contribution < -0.4 is 14.8 Å². The first-order valence-corrected chi connectivity index (χ1v) is 10.8. The lowest BCUT2D eigenvalue weighted by molar-refractivity contribution is -0.117. The summed E-state index contributed by atoms with van der Waals surface area (Å²) in [5.41, 5.74) is 2.43. The molecule has 0 spiro atoms. The number of benzene rings is 2. The number of carbonyl (C=O) groups is 1. The molecule has 0 saturated carbocycles. The van der Waals surface area contributed by atoms with Crippen LogP contribution in [-0.4, -0.2) is 85.0 Å². The largest absolute Gasteiger partial charge is 0.508 e. The molecule has 3 N–H and O–H groups in total. The Balaban J connectivity index is 1.40. The van der Waals surface area contributed by atoms with Crippen LogP contribution in [0.15, 0.2) is 36.4 Å². The van der Waals surface area contributed by atoms with E-state index in [1.165, 1.54) is 0 Å². The van der Waals surface area contributed by atoms with Gasteiger partial charge >= 0.3 is 0 Å². The highest BCUT2D eigenvalue weighted by Crippen LogP contribution is 2.26. The molecule has 32 heavy (non-hydrogen) atoms. The summed E-state index contributed by atoms with van der Waals surface area (Å²) >= 11 is 0. The van der Waals surface area contributed by atoms with Crippen molar-refractivity contribution in [2.75, 3.05) is 58.3 Å². The number of β-amino-alcohol motifs (C(OH)–C–C–N with tert-alkyl or cyclic N) is 1. The number of methoxy groups -OCH3 is 1. The molecule has 0 radical (unpaired) electrons. The van der Waals surface area contributed by atoms with Gasteiger partial charge in [-0.3, -0.25) is 14.6 Å². The molecule has 1 aliphatic heterocycles. The fourth-order valence-corrected chi connectivity index (χ4v) is 3.92. The van der Waals surface area contributed by atoms with Crippen LogP contribution in [-0.2, 0) is 4.79 Å². The molecule has 1 amide bonds. The van der Waals surface area contributed by atoms with Gasteiger partial charge in [0, 0.05) is 38.4 Å². The monoisotopic (exact) mass is 443 g/mol. The second kappa shape index (κ2) is 11.2. The first-order valence-electron chi connectivity index (χ1n) is 10.8. The summed E-state index contributed by atoms with van der Waals surface area (Å²) in [7, 11) is 1.59. The average Bonchev–Trinajstić information content (AvgIpc) is 2.76. The minimum atomic E-state index is -0.616. The summed E-state index contributed by atoms with van der Waals surface area (Å²) in [6.45, 7) is 7.80. The van der Waals surface area contributed by atoms with Crippen LogP contribution >= 0.6 is 0 Å². The van der Waals surface area contributed by atoms with Crippen LogP contribution in [0, 0.1) is 13.8 Å². The van der Waals surface area contributed by atoms with Gasteiger partial charge in [-0.25, -0.2) is 0 Å². The number of rotatable bonds is 9. The predicted molar refractivity (Wildman–Crippen MR) is 124 cm³/mol. The third kappa shape index (κ3) is 6.59. The Morgan fingerprint density at radius 2 is 1.66 bits per heavy atom. The molecule has 0 bridgehead atoms. The molecular weight excluding hydrogens is 410 g/mol. The Kier molecular flexibility index (Phi) is 8.33. The van der Waals surface area contributed by atoms with Crippen molar-refractivity contribution in [3.05, 3.63) is 47.5 Å². The molecule has 0 aromatic heterocycles. The quantitative estimate of drug-likeness (QED) is 0.511. The van der Waals surface area contributed by atoms with Crippen LogP contribution in [0.25, 0.3) is 0 Å². The third-order valence-electron chi connectivity index (χ3n) is 5.58. The molecular formula is C24H33N3O5. The van der Waals surface area contributed by atoms with E-state index in [4.69, 9.17) is 9.47 Å². The summed E-state index contributed by atoms with van der Waals surface area (Å²) in [4.78, 5) is 16.8. The van der Waals surface area contributed by atoms with Crippen LogP contribution in [0.2, 0.25) is 0 Å². The highest BCUT2D eigenvalue weighted by Gasteiger charge is 2.21. The molecule has 1 atom stereocenters. The number of phenolic OH excluding ortho intramolecular Hbond substituents is 1. The van der Waals surface area contributed by atoms with Crippen molar-refractivity contribution < 1.29 is 24.5 Å². The van der Waals surface area contributed by atoms with E-state index in [2.05, 4.69) is 15.1 Å². The number of hydrogen-bond acceptors (Lipinski definition) is 7. The van der Waals surface area contributed by atoms with Gasteiger partial charge < -0.3 is 25.0 Å². The van der Waals surface area contributed by atoms with E-state index < -0.39 is 6.10 Å². The molecule has 1 saturated heterocycles. The minimum absolute atomic E-state index is 0.0689. The van der Waals surface area contributed by atoms with Gasteiger partial charge in [0.15, 0.2) is 11.5 Å². The zero-order valence-electron chi connectivity index (χ0n) is 19.0. The van der Waals surface area contributed by atoms with Crippen molar-refractivity contribution in [3.8, 4) is 17.2 Å². The number of aliphatic hydroxyl groups excluding tert-OH is 1. The molecule has 1 aliphatic rings. The van der Waals surface area contributed by atoms with Crippen LogP contribution in [0.4, 0.5) is 5.69 Å². The summed E-state index contributed by atoms with van der Waals surface area (Å²) in [5, 5.41) is 23.0. The van der Waals surface area contributed by atoms with E-state index in [1.54, 1.807) is 19.2 Å². The van der Waals surface area contributed by atoms with Crippen LogP contribution in [0.3, 0.4) is 0 Å². The van der Waals surface area contributed by atoms with E-state index in [1.807, 2.05) is 38.1 Å². The SMILES string of the molecule is COc1ccccc1OCC(O)CN1CCN(CC(=O)Nc2c(C)cc(O)cc2C)CC1. The van der Waals surface area contributed by atoms with Crippen molar-refractivity contribution in [1.29, 1.82) is 0 Å². The highest BCUT2D eigenvalue weighted by atomic mass is 16.5. The molecule has 8 heteroatoms. The van der Waals surface area contributed by atoms with E-state index in [0.29, 0.717) is 24.6 Å². The van der Waals surface area contributed by atoms with Gasteiger partial charge in [-0.05, 0) is 49.2 Å². The van der Waals surface area contributed by atoms with Crippen LogP contribution in [0.1, 0.15) is 11.1 Å². The number of phenols is 1. The van der Waals surface area contributed by atoms with E-state index in [9.17, 15) is 15.0 Å². The predicted octanol–water partition coefficient (Wildman–Crippen LogP) is 2.01. The van der Waals surface area contributed by atoms with E-state index >= 15 is 0 Å². The lowest BCUT2D eigenvalue weighted by Gasteiger charge is -2.35. The van der Waals surface area contributed by atoms with Crippen molar-refractivity contribution in [1.82, 2.24) is 9.80 Å². The first-order chi connectivity index (χ1) is 15.4. The Morgan fingerprint density at radius 1 is 1.06 bits per heavy atom. The molecule has 8 nitrogen and oxygen atoms in total. The molecule has 1 fully saturated rings. The molecule has 1 heterocycles. The van der Waals surface area contributed by atoms with Crippen molar-refractivity contribution in [3.63, 3.8) is 0 Å². The van der Waals surface area contributed by atoms with Gasteiger partial charge in [0.05, 0.1) is 13.7 Å². The maximum absolute atomic E-state index is 12.5. The van der Waals surface area contributed by atoms with Crippen molar-refractivity contribution in [2.45, 2.75) is 20.0 Å². The standard InChI is InChI=1S/C24H33N3O5/c1-17-12-19(28)13-18(2)24(17)25-23(30)15-27-10-8-26(9-11-27)14-20(29)16-32-22-7-5-4-6-21(22)31-3/h4-7,12-13,20,28-29H,8-11,14-16H2,1-3H3,(H,25,30). The van der Waals surface area contributed by atoms with Crippen LogP contribution in [0.5, 0.6) is 17.2 Å². The second-order valence-electron chi connectivity index (χ2n) is 8.20. The number of aromatic hydroxyl groups is 1. The Bertz CT molecular complexity index is 889. The highest BCUT2D eigenvalue weighted by molar-refractivity contribution is 5.93. The number of anilines is 1. The number of aryl methyl sites for hydroxylation is 2. The molecule has 3 rings (SSSR count). The Hall–Kier alpha value is -2.81. The molecule has 174 valence electrons. The van der Waals surface area contributed by atoms with Gasteiger partial charge in [0.2, 0.25) is 5.91 Å². The third-order valence-corrected chi connectivity index (χ3v) is 5.58. The van der Waals surface area contributed by atoms with Gasteiger partial charge in [0.1, 0.15) is 18.5 Å². The number of nitrogens with one attached hydrogen (secondary N) is 1. The number of carbonyl (C=O) groups excluding carboxylic acids is 1. The summed E-state index contributed by atoms with van der Waals surface area (Å²) in [5.74, 6) is 1.39. The number of para-hydroxylation sites is 2. The fourth-order valence-electron chi connectivity index (χ4n) is 3.92. The lowest BCUT2D eigenvalue weighted by atomic mass is 10.1. The number of amides is 1. The molecule has 2 aromatic rings. The number of aliphatic hydroxyl groups is 1. The normalized spacial score (nSPS) is 15.9. The fraction of sp³-hybridized carbons (Fsp3) is 0.458. The smallest absolute Gasteiger partial charge is 0.238 e. The van der Waals surface area contributed by atoms with Gasteiger partial charge in [0.25, 0.3) is 0 Å². The summed E-state index contributed by atoms with van der Waals surface area (Å²) in [6.07, 6.45) is -0.616. The van der Waals surface area contributed by atoms with Gasteiger partial charge in [-0.15, -0.1) is 0 Å². The minimum Gasteiger partial charge on any atom is -0.508 e. The van der Waals surface area contributed by atoms with E-state index in [0.717, 1.165) is 43.0 Å². The topological polar surface area (TPSA) is 94.5 Å². The lowest BCUT2D eigenvalue weighted by Crippen LogP contribution is -2.50. The molecule has 2 aromatic carbocycles. The zero-order valence-corrected chi connectivity index (χ0v) is 19.0. The van der Waals surface area contributed by atoms with Crippen molar-refractivity contribution >= 4 is 11.6 Å². The summed E-state index contributed by atoms with van der Waals surface area (Å²) in [6, 6.07) is 10.7. The van der Waals surface area contributed by atoms with Crippen molar-refractivity contribution in [2.24, 2.45) is 0 Å². The first kappa shape index (κ1) is 23.8. The molecule has 0 aliphatic carbocycles. The number of hydrogen-bond donors (Lipinski definition) is 3. The molecule has 1 unspecified atom stereocenters. The van der Waals surface area contributed by atoms with Gasteiger partial charge in [-0.1, -0.05) is 12.1 Å². The van der Waals surface area contributed by atoms with Gasteiger partial charge in [-0.2, -0.15) is 0 Å². The Labute approximate surface area is 189 Å². The summed E-state index contributed by atoms with van der Waals surface area (Å²) < 4.78 is 11.0. The Morgan fingerprint density at radius 3 is 2.28 bits per heavy atom. The average molecular weight is 444 g/mol. The number of ether oxygens (including phenoxy) is 2. The maximum atomic E-state index is 12.5. The maximum Gasteiger partial charge on any atom is 0.238 e. The second-order valence-corrected chi connectivity index (χ2v) is 8.20. The van der Waals surface area contributed by atoms with E-state index in [-0.39, 0.29) is 18.3 Å². The number of nitrogens with zero attached hydrogens (tertiary/aromatic N) is 2.